The standard InChI is InChI=1S/C17H32N2O5/c1-11(20)17(15(5,6)7)16(8,14(2,3)4)18(12(21)22)9-10-19(17)13(23)24/h11,20H,9-10H2,1-8H3,(H,21,22)(H,23,24). The minimum atomic E-state index is -1.32. The maximum absolute atomic E-state index is 12.1. The molecule has 7 heteroatoms. The van der Waals surface area contributed by atoms with Crippen LogP contribution in [-0.4, -0.2) is 67.6 Å². The van der Waals surface area contributed by atoms with Gasteiger partial charge < -0.3 is 15.3 Å². The molecule has 140 valence electrons. The van der Waals surface area contributed by atoms with Crippen molar-refractivity contribution in [2.45, 2.75) is 72.6 Å². The van der Waals surface area contributed by atoms with Gasteiger partial charge in [-0.1, -0.05) is 41.5 Å². The molecule has 1 fully saturated rings. The summed E-state index contributed by atoms with van der Waals surface area (Å²) in [6.45, 7) is 14.6. The van der Waals surface area contributed by atoms with Crippen molar-refractivity contribution in [1.82, 2.24) is 9.80 Å². The predicted octanol–water partition coefficient (Wildman–Crippen LogP) is 2.93. The van der Waals surface area contributed by atoms with Gasteiger partial charge in [0.25, 0.3) is 0 Å². The van der Waals surface area contributed by atoms with E-state index in [4.69, 9.17) is 0 Å². The van der Waals surface area contributed by atoms with Crippen molar-refractivity contribution in [3.05, 3.63) is 0 Å². The molecule has 24 heavy (non-hydrogen) atoms. The largest absolute Gasteiger partial charge is 0.465 e. The Bertz CT molecular complexity index is 520. The first-order valence-electron chi connectivity index (χ1n) is 8.26. The van der Waals surface area contributed by atoms with Gasteiger partial charge in [-0.25, -0.2) is 9.59 Å². The summed E-state index contributed by atoms with van der Waals surface area (Å²) < 4.78 is 0. The van der Waals surface area contributed by atoms with E-state index in [1.807, 2.05) is 41.5 Å². The summed E-state index contributed by atoms with van der Waals surface area (Å²) >= 11 is 0. The predicted molar refractivity (Wildman–Crippen MR) is 91.2 cm³/mol. The summed E-state index contributed by atoms with van der Waals surface area (Å²) in [5.74, 6) is 0. The van der Waals surface area contributed by atoms with Gasteiger partial charge in [0.2, 0.25) is 0 Å². The average Bonchev–Trinajstić information content (AvgIpc) is 2.33. The van der Waals surface area contributed by atoms with E-state index in [9.17, 15) is 24.9 Å². The van der Waals surface area contributed by atoms with Crippen LogP contribution in [0.25, 0.3) is 0 Å². The zero-order valence-corrected chi connectivity index (χ0v) is 16.0. The van der Waals surface area contributed by atoms with Crippen LogP contribution in [0, 0.1) is 10.8 Å². The zero-order valence-electron chi connectivity index (χ0n) is 16.0. The fraction of sp³-hybridized carbons (Fsp3) is 0.882. The van der Waals surface area contributed by atoms with Crippen LogP contribution in [-0.2, 0) is 0 Å². The van der Waals surface area contributed by atoms with Crippen LogP contribution in [0.3, 0.4) is 0 Å². The second-order valence-corrected chi connectivity index (χ2v) is 8.88. The van der Waals surface area contributed by atoms with Crippen LogP contribution in [0.5, 0.6) is 0 Å². The van der Waals surface area contributed by atoms with Crippen molar-refractivity contribution in [2.24, 2.45) is 10.8 Å². The fourth-order valence-electron chi connectivity index (χ4n) is 4.97. The fourth-order valence-corrected chi connectivity index (χ4v) is 4.97. The molecule has 0 bridgehead atoms. The summed E-state index contributed by atoms with van der Waals surface area (Å²) in [4.78, 5) is 26.6. The van der Waals surface area contributed by atoms with Crippen LogP contribution < -0.4 is 0 Å². The smallest absolute Gasteiger partial charge is 0.408 e. The van der Waals surface area contributed by atoms with Gasteiger partial charge in [-0.2, -0.15) is 0 Å². The van der Waals surface area contributed by atoms with E-state index in [1.54, 1.807) is 13.8 Å². The minimum absolute atomic E-state index is 0.0233. The Morgan fingerprint density at radius 2 is 1.29 bits per heavy atom. The lowest BCUT2D eigenvalue weighted by atomic mass is 9.50. The monoisotopic (exact) mass is 344 g/mol. The van der Waals surface area contributed by atoms with Crippen molar-refractivity contribution in [1.29, 1.82) is 0 Å². The van der Waals surface area contributed by atoms with E-state index in [0.717, 1.165) is 0 Å². The Hall–Kier alpha value is -1.50. The molecule has 1 saturated heterocycles. The summed E-state index contributed by atoms with van der Waals surface area (Å²) in [7, 11) is 0. The van der Waals surface area contributed by atoms with E-state index >= 15 is 0 Å². The Morgan fingerprint density at radius 3 is 1.54 bits per heavy atom. The first kappa shape index (κ1) is 20.5. The third kappa shape index (κ3) is 2.44. The molecule has 0 spiro atoms. The van der Waals surface area contributed by atoms with E-state index in [1.165, 1.54) is 9.80 Å². The van der Waals surface area contributed by atoms with Gasteiger partial charge in [-0.15, -0.1) is 0 Å². The first-order chi connectivity index (χ1) is 10.6. The minimum Gasteiger partial charge on any atom is -0.465 e. The lowest BCUT2D eigenvalue weighted by molar-refractivity contribution is -0.213. The normalized spacial score (nSPS) is 30.2. The molecule has 1 heterocycles. The number of carbonyl (C=O) groups is 2. The van der Waals surface area contributed by atoms with Crippen LogP contribution in [0.4, 0.5) is 9.59 Å². The van der Waals surface area contributed by atoms with Gasteiger partial charge in [-0.05, 0) is 24.7 Å². The first-order valence-corrected chi connectivity index (χ1v) is 8.26. The number of amides is 2. The van der Waals surface area contributed by atoms with E-state index < -0.39 is 40.2 Å². The lowest BCUT2D eigenvalue weighted by Gasteiger charge is -2.70. The van der Waals surface area contributed by atoms with E-state index in [-0.39, 0.29) is 13.1 Å². The van der Waals surface area contributed by atoms with Gasteiger partial charge in [-0.3, -0.25) is 9.80 Å². The lowest BCUT2D eigenvalue weighted by Crippen LogP contribution is -2.86. The molecule has 7 nitrogen and oxygen atoms in total. The number of piperazine rings is 1. The number of rotatable bonds is 1. The maximum atomic E-state index is 12.1. The number of hydrogen-bond donors (Lipinski definition) is 3. The number of aliphatic hydroxyl groups excluding tert-OH is 1. The third-order valence-electron chi connectivity index (χ3n) is 5.93. The van der Waals surface area contributed by atoms with Crippen LogP contribution >= 0.6 is 0 Å². The van der Waals surface area contributed by atoms with Crippen molar-refractivity contribution < 1.29 is 24.9 Å². The van der Waals surface area contributed by atoms with Gasteiger partial charge in [0.15, 0.2) is 0 Å². The van der Waals surface area contributed by atoms with E-state index in [2.05, 4.69) is 0 Å². The Morgan fingerprint density at radius 1 is 0.917 bits per heavy atom. The molecular formula is C17H32N2O5. The molecule has 2 amide bonds. The molecule has 0 aromatic rings. The third-order valence-corrected chi connectivity index (χ3v) is 5.93. The molecule has 1 aliphatic rings. The van der Waals surface area contributed by atoms with Crippen LogP contribution in [0.1, 0.15) is 55.4 Å². The van der Waals surface area contributed by atoms with Crippen LogP contribution in [0.2, 0.25) is 0 Å². The number of carboxylic acid groups (broad SMARTS) is 2. The number of hydrogen-bond acceptors (Lipinski definition) is 3. The molecule has 0 aromatic heterocycles. The highest BCUT2D eigenvalue weighted by atomic mass is 16.4. The van der Waals surface area contributed by atoms with Crippen molar-refractivity contribution in [3.8, 4) is 0 Å². The quantitative estimate of drug-likeness (QED) is 0.679. The molecule has 3 unspecified atom stereocenters. The maximum Gasteiger partial charge on any atom is 0.408 e. The molecule has 1 aliphatic heterocycles. The Kier molecular flexibility index (Phi) is 4.96. The molecule has 1 rings (SSSR count). The summed E-state index contributed by atoms with van der Waals surface area (Å²) in [6.07, 6.45) is -3.32. The molecule has 0 aliphatic carbocycles. The molecule has 0 aromatic carbocycles. The van der Waals surface area contributed by atoms with Gasteiger partial charge in [0.1, 0.15) is 5.54 Å². The molecule has 0 saturated carbocycles. The van der Waals surface area contributed by atoms with E-state index in [0.29, 0.717) is 0 Å². The zero-order chi connectivity index (χ0) is 19.3. The Balaban J connectivity index is 3.98. The highest BCUT2D eigenvalue weighted by molar-refractivity contribution is 5.71. The number of nitrogens with zero attached hydrogens (tertiary/aromatic N) is 2. The van der Waals surface area contributed by atoms with Gasteiger partial charge in [0, 0.05) is 13.1 Å². The molecule has 3 atom stereocenters. The summed E-state index contributed by atoms with van der Waals surface area (Å²) in [5.41, 5.74) is -3.80. The van der Waals surface area contributed by atoms with Gasteiger partial charge in [0.05, 0.1) is 11.6 Å². The summed E-state index contributed by atoms with van der Waals surface area (Å²) in [5, 5.41) is 30.5. The van der Waals surface area contributed by atoms with Crippen LogP contribution in [0.15, 0.2) is 0 Å². The average molecular weight is 344 g/mol. The molecule has 0 radical (unpaired) electrons. The second-order valence-electron chi connectivity index (χ2n) is 8.88. The highest BCUT2D eigenvalue weighted by Crippen LogP contribution is 2.57. The SMILES string of the molecule is CC(O)C1(C(C)(C)C)N(C(=O)O)CCN(C(=O)O)C1(C)C(C)(C)C. The number of aliphatic hydroxyl groups is 1. The van der Waals surface area contributed by atoms with Crippen molar-refractivity contribution in [3.63, 3.8) is 0 Å². The second kappa shape index (κ2) is 5.79. The topological polar surface area (TPSA) is 101 Å². The van der Waals surface area contributed by atoms with Gasteiger partial charge >= 0.3 is 12.2 Å². The Labute approximate surface area is 144 Å². The highest BCUT2D eigenvalue weighted by Gasteiger charge is 2.71. The van der Waals surface area contributed by atoms with Crippen molar-refractivity contribution >= 4 is 12.2 Å². The molecule has 3 N–H and O–H groups in total. The summed E-state index contributed by atoms with van der Waals surface area (Å²) in [6, 6.07) is 0. The van der Waals surface area contributed by atoms with Crippen molar-refractivity contribution in [2.75, 3.05) is 13.1 Å². The molecular weight excluding hydrogens is 312 g/mol.